The van der Waals surface area contributed by atoms with E-state index in [9.17, 15) is 0 Å². The molecular weight excluding hydrogens is 188 g/mol. The van der Waals surface area contributed by atoms with Gasteiger partial charge in [0.2, 0.25) is 0 Å². The molecule has 0 heterocycles. The molecule has 0 saturated carbocycles. The highest BCUT2D eigenvalue weighted by molar-refractivity contribution is 6.31. The number of halogens is 1. The summed E-state index contributed by atoms with van der Waals surface area (Å²) < 4.78 is 0. The van der Waals surface area contributed by atoms with Crippen molar-refractivity contribution in [2.45, 2.75) is 12.5 Å². The molecule has 1 rings (SSSR count). The fraction of sp³-hybridized carbons (Fsp3) is 0.222. The second kappa shape index (κ2) is 4.13. The van der Waals surface area contributed by atoms with E-state index in [1.807, 2.05) is 6.07 Å². The van der Waals surface area contributed by atoms with E-state index < -0.39 is 6.04 Å². The smallest absolute Gasteiger partial charge is 0.117 e. The van der Waals surface area contributed by atoms with Crippen molar-refractivity contribution in [2.24, 2.45) is 5.73 Å². The first kappa shape index (κ1) is 9.85. The Balaban J connectivity index is 2.96. The summed E-state index contributed by atoms with van der Waals surface area (Å²) in [5, 5.41) is 17.9. The summed E-state index contributed by atoms with van der Waals surface area (Å²) in [7, 11) is 0. The third kappa shape index (κ3) is 2.35. The molecule has 1 aromatic carbocycles. The van der Waals surface area contributed by atoms with Crippen LogP contribution in [0.1, 0.15) is 18.0 Å². The molecule has 1 atom stereocenters. The lowest BCUT2D eigenvalue weighted by atomic mass is 10.1. The maximum absolute atomic E-state index is 9.06. The van der Waals surface area contributed by atoms with E-state index in [1.54, 1.807) is 6.07 Å². The van der Waals surface area contributed by atoms with Crippen molar-refractivity contribution in [3.05, 3.63) is 28.8 Å². The van der Waals surface area contributed by atoms with Crippen molar-refractivity contribution in [1.29, 1.82) is 5.26 Å². The third-order valence-corrected chi connectivity index (χ3v) is 2.02. The minimum absolute atomic E-state index is 0.0953. The van der Waals surface area contributed by atoms with E-state index in [-0.39, 0.29) is 12.2 Å². The van der Waals surface area contributed by atoms with Gasteiger partial charge in [0.25, 0.3) is 0 Å². The summed E-state index contributed by atoms with van der Waals surface area (Å²) in [6, 6.07) is 6.10. The fourth-order valence-corrected chi connectivity index (χ4v) is 1.34. The van der Waals surface area contributed by atoms with Crippen LogP contribution in [0.15, 0.2) is 18.2 Å². The van der Waals surface area contributed by atoms with Crippen molar-refractivity contribution < 1.29 is 5.11 Å². The summed E-state index contributed by atoms with van der Waals surface area (Å²) in [5.41, 5.74) is 6.35. The van der Waals surface area contributed by atoms with Crippen molar-refractivity contribution in [1.82, 2.24) is 0 Å². The summed E-state index contributed by atoms with van der Waals surface area (Å²) in [6.45, 7) is 0. The van der Waals surface area contributed by atoms with Crippen LogP contribution in [0.3, 0.4) is 0 Å². The van der Waals surface area contributed by atoms with E-state index >= 15 is 0 Å². The predicted octanol–water partition coefficient (Wildman–Crippen LogP) is 1.96. The van der Waals surface area contributed by atoms with E-state index in [1.165, 1.54) is 12.1 Å². The van der Waals surface area contributed by atoms with Crippen molar-refractivity contribution in [2.75, 3.05) is 0 Å². The first-order chi connectivity index (χ1) is 6.15. The molecule has 0 fully saturated rings. The third-order valence-electron chi connectivity index (χ3n) is 1.69. The molecule has 0 aliphatic carbocycles. The first-order valence-corrected chi connectivity index (χ1v) is 4.14. The number of hydrogen-bond acceptors (Lipinski definition) is 3. The lowest BCUT2D eigenvalue weighted by Gasteiger charge is -2.09. The van der Waals surface area contributed by atoms with Crippen LogP contribution in [-0.4, -0.2) is 5.11 Å². The molecular formula is C9H9ClN2O. The van der Waals surface area contributed by atoms with Gasteiger partial charge >= 0.3 is 0 Å². The summed E-state index contributed by atoms with van der Waals surface area (Å²) in [6.07, 6.45) is 0.213. The second-order valence-corrected chi connectivity index (χ2v) is 3.08. The van der Waals surface area contributed by atoms with Gasteiger partial charge in [-0.05, 0) is 17.7 Å². The normalized spacial score (nSPS) is 12.1. The van der Waals surface area contributed by atoms with Gasteiger partial charge in [0.15, 0.2) is 0 Å². The Morgan fingerprint density at radius 2 is 2.31 bits per heavy atom. The van der Waals surface area contributed by atoms with Gasteiger partial charge in [0.05, 0.1) is 12.5 Å². The number of phenols is 1. The molecule has 13 heavy (non-hydrogen) atoms. The molecule has 0 unspecified atom stereocenters. The minimum atomic E-state index is -0.391. The van der Waals surface area contributed by atoms with E-state index in [0.29, 0.717) is 10.6 Å². The minimum Gasteiger partial charge on any atom is -0.508 e. The quantitative estimate of drug-likeness (QED) is 0.760. The molecule has 0 amide bonds. The van der Waals surface area contributed by atoms with Crippen molar-refractivity contribution in [3.8, 4) is 11.8 Å². The monoisotopic (exact) mass is 196 g/mol. The largest absolute Gasteiger partial charge is 0.508 e. The molecule has 0 bridgehead atoms. The molecule has 1 aromatic rings. The zero-order chi connectivity index (χ0) is 9.84. The zero-order valence-corrected chi connectivity index (χ0v) is 7.62. The highest BCUT2D eigenvalue weighted by Gasteiger charge is 2.09. The van der Waals surface area contributed by atoms with Crippen LogP contribution in [0.2, 0.25) is 5.02 Å². The number of phenolic OH excluding ortho intramolecular Hbond substituents is 1. The number of hydrogen-bond donors (Lipinski definition) is 2. The van der Waals surface area contributed by atoms with Gasteiger partial charge < -0.3 is 10.8 Å². The Kier molecular flexibility index (Phi) is 3.13. The average molecular weight is 197 g/mol. The molecule has 3 N–H and O–H groups in total. The standard InChI is InChI=1S/C9H9ClN2O/c10-8-5-6(13)1-2-7(8)9(12)3-4-11/h1-2,5,9,13H,3,12H2/t9-/m1/s1. The Hall–Kier alpha value is -1.24. The summed E-state index contributed by atoms with van der Waals surface area (Å²) in [5.74, 6) is 0.0953. The van der Waals surface area contributed by atoms with Crippen molar-refractivity contribution >= 4 is 11.6 Å². The highest BCUT2D eigenvalue weighted by atomic mass is 35.5. The van der Waals surface area contributed by atoms with Gasteiger partial charge in [-0.3, -0.25) is 0 Å². The maximum Gasteiger partial charge on any atom is 0.117 e. The van der Waals surface area contributed by atoms with Crippen LogP contribution in [0.4, 0.5) is 0 Å². The number of benzene rings is 1. The Morgan fingerprint density at radius 3 is 2.85 bits per heavy atom. The molecule has 0 spiro atoms. The lowest BCUT2D eigenvalue weighted by Crippen LogP contribution is -2.09. The van der Waals surface area contributed by atoms with E-state index in [0.717, 1.165) is 0 Å². The molecule has 68 valence electrons. The molecule has 0 aromatic heterocycles. The van der Waals surface area contributed by atoms with Gasteiger partial charge in [-0.15, -0.1) is 0 Å². The van der Waals surface area contributed by atoms with Crippen LogP contribution >= 0.6 is 11.6 Å². The van der Waals surface area contributed by atoms with Crippen LogP contribution in [0.5, 0.6) is 5.75 Å². The number of nitriles is 1. The maximum atomic E-state index is 9.06. The van der Waals surface area contributed by atoms with E-state index in [4.69, 9.17) is 27.7 Å². The fourth-order valence-electron chi connectivity index (χ4n) is 1.03. The van der Waals surface area contributed by atoms with Gasteiger partial charge in [-0.1, -0.05) is 17.7 Å². The summed E-state index contributed by atoms with van der Waals surface area (Å²) in [4.78, 5) is 0. The molecule has 0 aliphatic rings. The van der Waals surface area contributed by atoms with Crippen LogP contribution in [-0.2, 0) is 0 Å². The van der Waals surface area contributed by atoms with Gasteiger partial charge in [0, 0.05) is 11.1 Å². The summed E-state index contributed by atoms with van der Waals surface area (Å²) >= 11 is 5.81. The van der Waals surface area contributed by atoms with Gasteiger partial charge in [-0.2, -0.15) is 5.26 Å². The van der Waals surface area contributed by atoms with Gasteiger partial charge in [0.1, 0.15) is 5.75 Å². The number of nitrogens with two attached hydrogens (primary N) is 1. The SMILES string of the molecule is N#CC[C@@H](N)c1ccc(O)cc1Cl. The predicted molar refractivity (Wildman–Crippen MR) is 50.3 cm³/mol. The molecule has 4 heteroatoms. The Labute approximate surface area is 81.4 Å². The number of rotatable bonds is 2. The Bertz CT molecular complexity index is 346. The number of aromatic hydroxyl groups is 1. The van der Waals surface area contributed by atoms with E-state index in [2.05, 4.69) is 0 Å². The van der Waals surface area contributed by atoms with Crippen molar-refractivity contribution in [3.63, 3.8) is 0 Å². The molecule has 0 aliphatic heterocycles. The zero-order valence-electron chi connectivity index (χ0n) is 6.87. The Morgan fingerprint density at radius 1 is 1.62 bits per heavy atom. The van der Waals surface area contributed by atoms with Crippen LogP contribution in [0.25, 0.3) is 0 Å². The number of nitrogens with zero attached hydrogens (tertiary/aromatic N) is 1. The van der Waals surface area contributed by atoms with Crippen LogP contribution in [0, 0.1) is 11.3 Å². The molecule has 3 nitrogen and oxygen atoms in total. The van der Waals surface area contributed by atoms with Crippen LogP contribution < -0.4 is 5.73 Å². The van der Waals surface area contributed by atoms with Gasteiger partial charge in [-0.25, -0.2) is 0 Å². The average Bonchev–Trinajstić information content (AvgIpc) is 2.04. The lowest BCUT2D eigenvalue weighted by molar-refractivity contribution is 0.475. The molecule has 0 saturated heterocycles. The highest BCUT2D eigenvalue weighted by Crippen LogP contribution is 2.26. The first-order valence-electron chi connectivity index (χ1n) is 3.76. The molecule has 0 radical (unpaired) electrons. The second-order valence-electron chi connectivity index (χ2n) is 2.67. The topological polar surface area (TPSA) is 70.0 Å².